The van der Waals surface area contributed by atoms with Gasteiger partial charge in [0.1, 0.15) is 0 Å². The molecule has 2 atom stereocenters. The van der Waals surface area contributed by atoms with E-state index in [0.29, 0.717) is 25.1 Å². The summed E-state index contributed by atoms with van der Waals surface area (Å²) in [5.41, 5.74) is 1.36. The molecule has 0 aromatic heterocycles. The van der Waals surface area contributed by atoms with E-state index in [2.05, 4.69) is 16.0 Å². The molecule has 6 N–H and O–H groups in total. The van der Waals surface area contributed by atoms with Gasteiger partial charge >= 0.3 is 17.9 Å². The lowest BCUT2D eigenvalue weighted by Gasteiger charge is -2.31. The molecule has 0 aliphatic carbocycles. The molecule has 0 fully saturated rings. The monoisotopic (exact) mass is 480 g/mol. The highest BCUT2D eigenvalue weighted by atomic mass is 16.4. The van der Waals surface area contributed by atoms with Gasteiger partial charge < -0.3 is 31.3 Å². The van der Waals surface area contributed by atoms with Crippen molar-refractivity contribution in [2.75, 3.05) is 39.8 Å². The standard InChI is InChI=1S/C23H36N4O7/c1-16(5-3-4-10-25-13-20(28)29)26-12-19(27(14-21(30)31)15-22(32)33)11-17-6-8-18(9-7-17)23(34)24-2/h6-9,16,19,25-26H,3-5,10-15H2,1-2H3,(H,24,34)(H,28,29)(H,30,31)(H,32,33). The molecule has 0 radical (unpaired) electrons. The highest BCUT2D eigenvalue weighted by Crippen LogP contribution is 2.12. The van der Waals surface area contributed by atoms with Gasteiger partial charge in [-0.2, -0.15) is 0 Å². The second kappa shape index (κ2) is 15.8. The Kier molecular flexibility index (Phi) is 13.4. The van der Waals surface area contributed by atoms with Gasteiger partial charge in [-0.3, -0.25) is 24.1 Å². The van der Waals surface area contributed by atoms with E-state index < -0.39 is 37.0 Å². The number of hydrogen-bond donors (Lipinski definition) is 6. The Balaban J connectivity index is 2.76. The first-order valence-electron chi connectivity index (χ1n) is 11.3. The van der Waals surface area contributed by atoms with Crippen LogP contribution in [0.2, 0.25) is 0 Å². The van der Waals surface area contributed by atoms with Gasteiger partial charge in [0.15, 0.2) is 0 Å². The average molecular weight is 481 g/mol. The molecule has 0 saturated carbocycles. The topological polar surface area (TPSA) is 168 Å². The van der Waals surface area contributed by atoms with Gasteiger partial charge in [-0.1, -0.05) is 18.6 Å². The first-order valence-corrected chi connectivity index (χ1v) is 11.3. The fraction of sp³-hybridized carbons (Fsp3) is 0.565. The number of nitrogens with one attached hydrogen (secondary N) is 3. The number of nitrogens with zero attached hydrogens (tertiary/aromatic N) is 1. The second-order valence-electron chi connectivity index (χ2n) is 8.20. The summed E-state index contributed by atoms with van der Waals surface area (Å²) in [4.78, 5) is 46.4. The zero-order valence-electron chi connectivity index (χ0n) is 19.7. The Hall–Kier alpha value is -3.02. The van der Waals surface area contributed by atoms with E-state index in [0.717, 1.165) is 24.8 Å². The Morgan fingerprint density at radius 1 is 0.941 bits per heavy atom. The van der Waals surface area contributed by atoms with Crippen LogP contribution in [0.1, 0.15) is 42.1 Å². The molecule has 0 aliphatic heterocycles. The van der Waals surface area contributed by atoms with E-state index >= 15 is 0 Å². The number of carbonyl (C=O) groups is 4. The van der Waals surface area contributed by atoms with Crippen molar-refractivity contribution >= 4 is 23.8 Å². The number of carbonyl (C=O) groups excluding carboxylic acids is 1. The normalized spacial score (nSPS) is 12.8. The molecular weight excluding hydrogens is 444 g/mol. The molecule has 11 nitrogen and oxygen atoms in total. The van der Waals surface area contributed by atoms with Gasteiger partial charge in [-0.25, -0.2) is 0 Å². The summed E-state index contributed by atoms with van der Waals surface area (Å²) in [7, 11) is 1.54. The lowest BCUT2D eigenvalue weighted by molar-refractivity contribution is -0.143. The lowest BCUT2D eigenvalue weighted by atomic mass is 10.0. The van der Waals surface area contributed by atoms with Crippen LogP contribution < -0.4 is 16.0 Å². The summed E-state index contributed by atoms with van der Waals surface area (Å²) in [6.45, 7) is 2.12. The third-order valence-electron chi connectivity index (χ3n) is 5.33. The molecule has 1 amide bonds. The van der Waals surface area contributed by atoms with Crippen molar-refractivity contribution in [3.05, 3.63) is 35.4 Å². The lowest BCUT2D eigenvalue weighted by Crippen LogP contribution is -2.49. The molecule has 0 saturated heterocycles. The molecule has 2 unspecified atom stereocenters. The Labute approximate surface area is 199 Å². The number of benzene rings is 1. The number of rotatable bonds is 18. The Morgan fingerprint density at radius 3 is 2.09 bits per heavy atom. The minimum absolute atomic E-state index is 0.0669. The number of amides is 1. The molecule has 0 aliphatic rings. The minimum atomic E-state index is -1.11. The van der Waals surface area contributed by atoms with Crippen LogP contribution in [0.4, 0.5) is 0 Å². The zero-order chi connectivity index (χ0) is 25.5. The molecule has 1 rings (SSSR count). The van der Waals surface area contributed by atoms with Gasteiger partial charge in [0.25, 0.3) is 5.91 Å². The van der Waals surface area contributed by atoms with Crippen LogP contribution in [0.15, 0.2) is 24.3 Å². The van der Waals surface area contributed by atoms with Crippen molar-refractivity contribution < 1.29 is 34.5 Å². The summed E-state index contributed by atoms with van der Waals surface area (Å²) in [5, 5.41) is 36.0. The predicted octanol–water partition coefficient (Wildman–Crippen LogP) is 0.251. The molecule has 1 aromatic rings. The largest absolute Gasteiger partial charge is 0.480 e. The van der Waals surface area contributed by atoms with Gasteiger partial charge in [0.05, 0.1) is 19.6 Å². The molecule has 11 heteroatoms. The Bertz CT molecular complexity index is 785. The van der Waals surface area contributed by atoms with Gasteiger partial charge in [0, 0.05) is 31.2 Å². The minimum Gasteiger partial charge on any atom is -0.480 e. The molecular formula is C23H36N4O7. The summed E-state index contributed by atoms with van der Waals surface area (Å²) >= 11 is 0. The Morgan fingerprint density at radius 2 is 1.56 bits per heavy atom. The maximum absolute atomic E-state index is 11.8. The van der Waals surface area contributed by atoms with E-state index in [4.69, 9.17) is 5.11 Å². The number of carboxylic acids is 3. The van der Waals surface area contributed by atoms with E-state index in [1.807, 2.05) is 6.92 Å². The van der Waals surface area contributed by atoms with Crippen molar-refractivity contribution in [3.63, 3.8) is 0 Å². The highest BCUT2D eigenvalue weighted by molar-refractivity contribution is 5.93. The first kappa shape index (κ1) is 29.0. The first-order chi connectivity index (χ1) is 16.1. The number of hydrogen-bond acceptors (Lipinski definition) is 7. The SMILES string of the molecule is CNC(=O)c1ccc(CC(CNC(C)CCCCNCC(=O)O)N(CC(=O)O)CC(=O)O)cc1. The summed E-state index contributed by atoms with van der Waals surface area (Å²) in [6.07, 6.45) is 2.94. The third-order valence-corrected chi connectivity index (χ3v) is 5.33. The van der Waals surface area contributed by atoms with E-state index in [1.54, 1.807) is 31.3 Å². The average Bonchev–Trinajstić information content (AvgIpc) is 2.77. The van der Waals surface area contributed by atoms with E-state index in [-0.39, 0.29) is 18.5 Å². The second-order valence-corrected chi connectivity index (χ2v) is 8.20. The van der Waals surface area contributed by atoms with Crippen LogP contribution in [0, 0.1) is 0 Å². The van der Waals surface area contributed by atoms with Crippen LogP contribution in [0.3, 0.4) is 0 Å². The van der Waals surface area contributed by atoms with Gasteiger partial charge in [0.2, 0.25) is 0 Å². The third kappa shape index (κ3) is 12.3. The number of unbranched alkanes of at least 4 members (excludes halogenated alkanes) is 1. The van der Waals surface area contributed by atoms with Crippen molar-refractivity contribution in [1.29, 1.82) is 0 Å². The fourth-order valence-corrected chi connectivity index (χ4v) is 3.54. The molecule has 0 heterocycles. The predicted molar refractivity (Wildman–Crippen MR) is 126 cm³/mol. The summed E-state index contributed by atoms with van der Waals surface area (Å²) in [6, 6.07) is 6.64. The zero-order valence-corrected chi connectivity index (χ0v) is 19.7. The van der Waals surface area contributed by atoms with Crippen LogP contribution >= 0.6 is 0 Å². The van der Waals surface area contributed by atoms with E-state index in [1.165, 1.54) is 4.90 Å². The van der Waals surface area contributed by atoms with Gasteiger partial charge in [-0.05, 0) is 50.4 Å². The molecule has 0 bridgehead atoms. The van der Waals surface area contributed by atoms with Gasteiger partial charge in [-0.15, -0.1) is 0 Å². The molecule has 1 aromatic carbocycles. The molecule has 0 spiro atoms. The van der Waals surface area contributed by atoms with Crippen LogP contribution in [-0.2, 0) is 20.8 Å². The van der Waals surface area contributed by atoms with Crippen molar-refractivity contribution in [2.45, 2.75) is 44.7 Å². The fourth-order valence-electron chi connectivity index (χ4n) is 3.54. The van der Waals surface area contributed by atoms with Crippen LogP contribution in [0.25, 0.3) is 0 Å². The number of aliphatic carboxylic acids is 3. The summed E-state index contributed by atoms with van der Waals surface area (Å²) in [5.74, 6) is -3.32. The summed E-state index contributed by atoms with van der Waals surface area (Å²) < 4.78 is 0. The van der Waals surface area contributed by atoms with Crippen LogP contribution in [0.5, 0.6) is 0 Å². The quantitative estimate of drug-likeness (QED) is 0.160. The van der Waals surface area contributed by atoms with Crippen LogP contribution in [-0.4, -0.2) is 95.9 Å². The smallest absolute Gasteiger partial charge is 0.317 e. The van der Waals surface area contributed by atoms with Crippen molar-refractivity contribution in [2.24, 2.45) is 0 Å². The van der Waals surface area contributed by atoms with E-state index in [9.17, 15) is 29.4 Å². The van der Waals surface area contributed by atoms with Crippen molar-refractivity contribution in [1.82, 2.24) is 20.9 Å². The highest BCUT2D eigenvalue weighted by Gasteiger charge is 2.24. The maximum atomic E-state index is 11.8. The number of carboxylic acid groups (broad SMARTS) is 3. The molecule has 190 valence electrons. The maximum Gasteiger partial charge on any atom is 0.317 e. The molecule has 34 heavy (non-hydrogen) atoms. The van der Waals surface area contributed by atoms with Crippen molar-refractivity contribution in [3.8, 4) is 0 Å².